The summed E-state index contributed by atoms with van der Waals surface area (Å²) in [6.07, 6.45) is 0. The molecule has 0 saturated carbocycles. The van der Waals surface area contributed by atoms with Gasteiger partial charge in [0.1, 0.15) is 5.75 Å². The van der Waals surface area contributed by atoms with E-state index in [0.29, 0.717) is 0 Å². The Hall–Kier alpha value is -0.970. The Morgan fingerprint density at radius 3 is 2.67 bits per heavy atom. The van der Waals surface area contributed by atoms with Crippen LogP contribution in [0.4, 0.5) is 0 Å². The van der Waals surface area contributed by atoms with Gasteiger partial charge in [0.25, 0.3) is 0 Å². The van der Waals surface area contributed by atoms with E-state index in [0.717, 1.165) is 18.0 Å². The highest BCUT2D eigenvalue weighted by Gasteiger charge is 2.10. The summed E-state index contributed by atoms with van der Waals surface area (Å²) in [6, 6.07) is 10.7. The van der Waals surface area contributed by atoms with Crippen molar-refractivity contribution < 1.29 is 4.74 Å². The predicted molar refractivity (Wildman–Crippen MR) is 93.5 cm³/mol. The van der Waals surface area contributed by atoms with Crippen LogP contribution in [0, 0.1) is 0 Å². The molecule has 0 saturated heterocycles. The zero-order valence-corrected chi connectivity index (χ0v) is 14.7. The summed E-state index contributed by atoms with van der Waals surface area (Å²) in [5.41, 5.74) is 2.68. The van der Waals surface area contributed by atoms with Crippen LogP contribution in [0.2, 0.25) is 0 Å². The van der Waals surface area contributed by atoms with Crippen molar-refractivity contribution in [2.24, 2.45) is 0 Å². The number of nitrogens with one attached hydrogen (secondary N) is 1. The van der Waals surface area contributed by atoms with E-state index in [2.05, 4.69) is 61.8 Å². The molecule has 2 rings (SSSR count). The van der Waals surface area contributed by atoms with Gasteiger partial charge in [-0.1, -0.05) is 12.1 Å². The molecule has 2 nitrogen and oxygen atoms in total. The lowest BCUT2D eigenvalue weighted by Gasteiger charge is -2.21. The van der Waals surface area contributed by atoms with Crippen molar-refractivity contribution in [3.63, 3.8) is 0 Å². The Kier molecular flexibility index (Phi) is 5.73. The standard InChI is InChI=1S/C17H23NOS2/c1-17(2,3)18-11-13-7-8-15(19-4)14(10-13)12-21-16-6-5-9-20-16/h5-10,18H,11-12H2,1-4H3. The van der Waals surface area contributed by atoms with Crippen LogP contribution in [-0.2, 0) is 12.3 Å². The molecule has 4 heteroatoms. The van der Waals surface area contributed by atoms with Crippen LogP contribution in [0.1, 0.15) is 31.9 Å². The van der Waals surface area contributed by atoms with Gasteiger partial charge in [0.2, 0.25) is 0 Å². The average Bonchev–Trinajstić information content (AvgIpc) is 2.95. The minimum Gasteiger partial charge on any atom is -0.496 e. The molecule has 0 bridgehead atoms. The molecule has 0 aliphatic heterocycles. The van der Waals surface area contributed by atoms with Crippen molar-refractivity contribution in [2.75, 3.05) is 7.11 Å². The van der Waals surface area contributed by atoms with Crippen molar-refractivity contribution in [1.29, 1.82) is 0 Å². The maximum absolute atomic E-state index is 5.49. The monoisotopic (exact) mass is 321 g/mol. The number of rotatable bonds is 6. The molecule has 0 aliphatic carbocycles. The molecule has 0 radical (unpaired) electrons. The molecule has 114 valence electrons. The average molecular weight is 322 g/mol. The van der Waals surface area contributed by atoms with E-state index < -0.39 is 0 Å². The van der Waals surface area contributed by atoms with Gasteiger partial charge in [0.05, 0.1) is 11.3 Å². The minimum atomic E-state index is 0.131. The molecular formula is C17H23NOS2. The minimum absolute atomic E-state index is 0.131. The summed E-state index contributed by atoms with van der Waals surface area (Å²) in [5.74, 6) is 1.91. The van der Waals surface area contributed by atoms with Gasteiger partial charge in [-0.3, -0.25) is 0 Å². The smallest absolute Gasteiger partial charge is 0.122 e. The maximum Gasteiger partial charge on any atom is 0.122 e. The molecular weight excluding hydrogens is 298 g/mol. The number of thioether (sulfide) groups is 1. The van der Waals surface area contributed by atoms with E-state index in [1.54, 1.807) is 18.4 Å². The van der Waals surface area contributed by atoms with Gasteiger partial charge in [0, 0.05) is 23.4 Å². The zero-order chi connectivity index (χ0) is 15.3. The molecule has 21 heavy (non-hydrogen) atoms. The Bertz CT molecular complexity index is 559. The van der Waals surface area contributed by atoms with Crippen LogP contribution in [0.15, 0.2) is 39.9 Å². The Morgan fingerprint density at radius 1 is 1.24 bits per heavy atom. The first-order chi connectivity index (χ1) is 9.98. The SMILES string of the molecule is COc1ccc(CNC(C)(C)C)cc1CSc1cccs1. The first-order valence-electron chi connectivity index (χ1n) is 7.05. The first-order valence-corrected chi connectivity index (χ1v) is 8.91. The lowest BCUT2D eigenvalue weighted by atomic mass is 10.1. The highest BCUT2D eigenvalue weighted by atomic mass is 32.2. The van der Waals surface area contributed by atoms with E-state index in [1.807, 2.05) is 11.8 Å². The number of hydrogen-bond donors (Lipinski definition) is 1. The third kappa shape index (κ3) is 5.38. The van der Waals surface area contributed by atoms with Gasteiger partial charge in [-0.05, 0) is 49.9 Å². The normalized spacial score (nSPS) is 11.6. The molecule has 0 spiro atoms. The molecule has 1 N–H and O–H groups in total. The maximum atomic E-state index is 5.49. The lowest BCUT2D eigenvalue weighted by Crippen LogP contribution is -2.35. The van der Waals surface area contributed by atoms with Crippen molar-refractivity contribution in [3.05, 3.63) is 46.8 Å². The van der Waals surface area contributed by atoms with Gasteiger partial charge in [-0.15, -0.1) is 23.1 Å². The summed E-state index contributed by atoms with van der Waals surface area (Å²) in [5, 5.41) is 5.64. The number of benzene rings is 1. The van der Waals surface area contributed by atoms with Crippen molar-refractivity contribution >= 4 is 23.1 Å². The fraction of sp³-hybridized carbons (Fsp3) is 0.412. The van der Waals surface area contributed by atoms with Gasteiger partial charge in [0.15, 0.2) is 0 Å². The summed E-state index contributed by atoms with van der Waals surface area (Å²) in [7, 11) is 1.74. The van der Waals surface area contributed by atoms with Crippen LogP contribution >= 0.6 is 23.1 Å². The quantitative estimate of drug-likeness (QED) is 0.762. The largest absolute Gasteiger partial charge is 0.496 e. The van der Waals surface area contributed by atoms with Gasteiger partial charge in [-0.25, -0.2) is 0 Å². The highest BCUT2D eigenvalue weighted by Crippen LogP contribution is 2.31. The summed E-state index contributed by atoms with van der Waals surface area (Å²) in [4.78, 5) is 0. The van der Waals surface area contributed by atoms with Crippen LogP contribution in [0.5, 0.6) is 5.75 Å². The zero-order valence-electron chi connectivity index (χ0n) is 13.1. The second kappa shape index (κ2) is 7.34. The fourth-order valence-electron chi connectivity index (χ4n) is 1.92. The van der Waals surface area contributed by atoms with Crippen LogP contribution in [0.25, 0.3) is 0 Å². The number of hydrogen-bond acceptors (Lipinski definition) is 4. The summed E-state index contributed by atoms with van der Waals surface area (Å²) >= 11 is 3.64. The van der Waals surface area contributed by atoms with E-state index in [1.165, 1.54) is 15.3 Å². The van der Waals surface area contributed by atoms with Crippen molar-refractivity contribution in [2.45, 2.75) is 42.8 Å². The van der Waals surface area contributed by atoms with Crippen LogP contribution in [-0.4, -0.2) is 12.6 Å². The molecule has 1 aromatic carbocycles. The molecule has 0 aliphatic rings. The second-order valence-electron chi connectivity index (χ2n) is 5.97. The third-order valence-electron chi connectivity index (χ3n) is 3.03. The van der Waals surface area contributed by atoms with Crippen molar-refractivity contribution in [3.8, 4) is 5.75 Å². The number of ether oxygens (including phenoxy) is 1. The summed E-state index contributed by atoms with van der Waals surface area (Å²) < 4.78 is 6.83. The molecule has 0 unspecified atom stereocenters. The van der Waals surface area contributed by atoms with E-state index in [9.17, 15) is 0 Å². The van der Waals surface area contributed by atoms with Gasteiger partial charge < -0.3 is 10.1 Å². The Morgan fingerprint density at radius 2 is 2.05 bits per heavy atom. The lowest BCUT2D eigenvalue weighted by molar-refractivity contribution is 0.409. The van der Waals surface area contributed by atoms with Gasteiger partial charge in [-0.2, -0.15) is 0 Å². The molecule has 0 fully saturated rings. The number of thiophene rings is 1. The predicted octanol–water partition coefficient (Wildman–Crippen LogP) is 4.94. The van der Waals surface area contributed by atoms with Crippen molar-refractivity contribution in [1.82, 2.24) is 5.32 Å². The Balaban J connectivity index is 2.06. The Labute approximate surface area is 135 Å². The van der Waals surface area contributed by atoms with Gasteiger partial charge >= 0.3 is 0 Å². The van der Waals surface area contributed by atoms with E-state index >= 15 is 0 Å². The highest BCUT2D eigenvalue weighted by molar-refractivity contribution is 8.00. The molecule has 1 heterocycles. The van der Waals surface area contributed by atoms with E-state index in [-0.39, 0.29) is 5.54 Å². The summed E-state index contributed by atoms with van der Waals surface area (Å²) in [6.45, 7) is 7.43. The molecule has 0 atom stereocenters. The molecule has 2 aromatic rings. The first kappa shape index (κ1) is 16.4. The molecule has 0 amide bonds. The number of methoxy groups -OCH3 is 1. The van der Waals surface area contributed by atoms with E-state index in [4.69, 9.17) is 4.74 Å². The fourth-order valence-corrected chi connectivity index (χ4v) is 3.68. The van der Waals surface area contributed by atoms with Crippen LogP contribution in [0.3, 0.4) is 0 Å². The second-order valence-corrected chi connectivity index (χ2v) is 8.19. The molecule has 1 aromatic heterocycles. The topological polar surface area (TPSA) is 21.3 Å². The third-order valence-corrected chi connectivity index (χ3v) is 5.21. The van der Waals surface area contributed by atoms with Crippen LogP contribution < -0.4 is 10.1 Å².